The molecule has 0 saturated heterocycles. The summed E-state index contributed by atoms with van der Waals surface area (Å²) in [5, 5.41) is 3.03. The van der Waals surface area contributed by atoms with E-state index in [0.29, 0.717) is 12.5 Å². The zero-order valence-corrected chi connectivity index (χ0v) is 10.5. The van der Waals surface area contributed by atoms with Crippen LogP contribution < -0.4 is 11.1 Å². The number of hydrogen-bond acceptors (Lipinski definition) is 2. The van der Waals surface area contributed by atoms with E-state index in [0.717, 1.165) is 18.5 Å². The Balaban J connectivity index is 2.16. The molecule has 0 atom stereocenters. The van der Waals surface area contributed by atoms with Gasteiger partial charge in [-0.15, -0.1) is 0 Å². The van der Waals surface area contributed by atoms with Crippen molar-refractivity contribution >= 4 is 11.6 Å². The third-order valence-electron chi connectivity index (χ3n) is 3.56. The van der Waals surface area contributed by atoms with Crippen molar-refractivity contribution in [1.82, 2.24) is 0 Å². The molecule has 0 unspecified atom stereocenters. The Morgan fingerprint density at radius 2 is 2.06 bits per heavy atom. The van der Waals surface area contributed by atoms with E-state index in [1.54, 1.807) is 0 Å². The summed E-state index contributed by atoms with van der Waals surface area (Å²) >= 11 is 0. The van der Waals surface area contributed by atoms with E-state index in [9.17, 15) is 4.79 Å². The lowest BCUT2D eigenvalue weighted by atomic mass is 10.00. The molecule has 1 aromatic carbocycles. The average Bonchev–Trinajstić information content (AvgIpc) is 3.10. The first-order chi connectivity index (χ1) is 8.09. The first-order valence-corrected chi connectivity index (χ1v) is 6.19. The van der Waals surface area contributed by atoms with Gasteiger partial charge in [0.25, 0.3) is 0 Å². The Morgan fingerprint density at radius 1 is 1.41 bits per heavy atom. The van der Waals surface area contributed by atoms with E-state index < -0.39 is 0 Å². The molecule has 0 aliphatic heterocycles. The maximum atomic E-state index is 12.1. The van der Waals surface area contributed by atoms with Crippen LogP contribution in [0.1, 0.15) is 38.2 Å². The van der Waals surface area contributed by atoms with Gasteiger partial charge in [-0.2, -0.15) is 0 Å². The summed E-state index contributed by atoms with van der Waals surface area (Å²) in [6.07, 6.45) is 1.83. The number of anilines is 1. The molecule has 3 N–H and O–H groups in total. The Labute approximate surface area is 102 Å². The second-order valence-electron chi connectivity index (χ2n) is 5.18. The van der Waals surface area contributed by atoms with E-state index in [1.165, 1.54) is 5.56 Å². The molecular weight excluding hydrogens is 212 g/mol. The number of carbonyl (C=O) groups is 1. The van der Waals surface area contributed by atoms with Gasteiger partial charge in [-0.3, -0.25) is 4.79 Å². The lowest BCUT2D eigenvalue weighted by Gasteiger charge is -2.17. The molecule has 3 heteroatoms. The van der Waals surface area contributed by atoms with Crippen molar-refractivity contribution in [3.63, 3.8) is 0 Å². The number of rotatable bonds is 4. The minimum absolute atomic E-state index is 0.0769. The highest BCUT2D eigenvalue weighted by Gasteiger charge is 2.48. The van der Waals surface area contributed by atoms with Crippen LogP contribution >= 0.6 is 0 Å². The second kappa shape index (κ2) is 4.49. The number of para-hydroxylation sites is 1. The molecule has 3 nitrogen and oxygen atoms in total. The first-order valence-electron chi connectivity index (χ1n) is 6.19. The zero-order chi connectivity index (χ0) is 12.5. The van der Waals surface area contributed by atoms with Crippen LogP contribution in [0, 0.1) is 5.41 Å². The molecule has 0 bridgehead atoms. The number of amides is 1. The van der Waals surface area contributed by atoms with E-state index in [-0.39, 0.29) is 11.3 Å². The van der Waals surface area contributed by atoms with E-state index >= 15 is 0 Å². The summed E-state index contributed by atoms with van der Waals surface area (Å²) < 4.78 is 0. The van der Waals surface area contributed by atoms with Gasteiger partial charge in [0.05, 0.1) is 5.41 Å². The van der Waals surface area contributed by atoms with E-state index in [4.69, 9.17) is 5.73 Å². The minimum atomic E-state index is -0.288. The fraction of sp³-hybridized carbons (Fsp3) is 0.500. The molecule has 92 valence electrons. The van der Waals surface area contributed by atoms with Crippen molar-refractivity contribution < 1.29 is 4.79 Å². The average molecular weight is 232 g/mol. The third-order valence-corrected chi connectivity index (χ3v) is 3.56. The van der Waals surface area contributed by atoms with Crippen molar-refractivity contribution in [2.24, 2.45) is 11.1 Å². The summed E-state index contributed by atoms with van der Waals surface area (Å²) in [5.74, 6) is 0.479. The van der Waals surface area contributed by atoms with Crippen LogP contribution in [0.2, 0.25) is 0 Å². The van der Waals surface area contributed by atoms with Gasteiger partial charge in [0.2, 0.25) is 5.91 Å². The molecule has 0 aromatic heterocycles. The number of hydrogen-bond donors (Lipinski definition) is 2. The fourth-order valence-electron chi connectivity index (χ4n) is 2.04. The van der Waals surface area contributed by atoms with Crippen LogP contribution in [-0.4, -0.2) is 12.5 Å². The highest BCUT2D eigenvalue weighted by Crippen LogP contribution is 2.45. The number of nitrogens with one attached hydrogen (secondary N) is 1. The molecule has 1 aromatic rings. The highest BCUT2D eigenvalue weighted by atomic mass is 16.2. The van der Waals surface area contributed by atoms with Gasteiger partial charge in [0, 0.05) is 12.2 Å². The number of carbonyl (C=O) groups excluding carboxylic acids is 1. The van der Waals surface area contributed by atoms with Crippen LogP contribution in [0.3, 0.4) is 0 Å². The summed E-state index contributed by atoms with van der Waals surface area (Å²) in [7, 11) is 0. The maximum absolute atomic E-state index is 12.1. The molecular formula is C14H20N2O. The Bertz CT molecular complexity index is 422. The Kier molecular flexibility index (Phi) is 3.20. The highest BCUT2D eigenvalue weighted by molar-refractivity contribution is 5.98. The van der Waals surface area contributed by atoms with Crippen LogP contribution in [-0.2, 0) is 4.79 Å². The maximum Gasteiger partial charge on any atom is 0.231 e. The molecule has 1 fully saturated rings. The quantitative estimate of drug-likeness (QED) is 0.838. The van der Waals surface area contributed by atoms with Crippen LogP contribution in [0.5, 0.6) is 0 Å². The molecule has 1 aliphatic carbocycles. The largest absolute Gasteiger partial charge is 0.329 e. The lowest BCUT2D eigenvalue weighted by Crippen LogP contribution is -2.31. The molecule has 1 amide bonds. The van der Waals surface area contributed by atoms with E-state index in [2.05, 4.69) is 25.2 Å². The molecule has 17 heavy (non-hydrogen) atoms. The van der Waals surface area contributed by atoms with Crippen molar-refractivity contribution in [3.8, 4) is 0 Å². The van der Waals surface area contributed by atoms with Crippen molar-refractivity contribution in [2.75, 3.05) is 11.9 Å². The number of benzene rings is 1. The van der Waals surface area contributed by atoms with Crippen LogP contribution in [0.25, 0.3) is 0 Å². The smallest absolute Gasteiger partial charge is 0.231 e. The third kappa shape index (κ3) is 2.34. The van der Waals surface area contributed by atoms with Gasteiger partial charge < -0.3 is 11.1 Å². The van der Waals surface area contributed by atoms with Gasteiger partial charge >= 0.3 is 0 Å². The molecule has 1 saturated carbocycles. The number of nitrogens with two attached hydrogens (primary N) is 1. The predicted octanol–water partition coefficient (Wildman–Crippen LogP) is 2.49. The van der Waals surface area contributed by atoms with Gasteiger partial charge in [0.1, 0.15) is 0 Å². The standard InChI is InChI=1S/C14H20N2O/c1-10(2)11-5-3-4-6-12(11)16-13(17)14(9-15)7-8-14/h3-6,10H,7-9,15H2,1-2H3,(H,16,17). The van der Waals surface area contributed by atoms with Crippen molar-refractivity contribution in [2.45, 2.75) is 32.6 Å². The Morgan fingerprint density at radius 3 is 2.59 bits per heavy atom. The summed E-state index contributed by atoms with van der Waals surface area (Å²) in [5.41, 5.74) is 7.47. The van der Waals surface area contributed by atoms with Gasteiger partial charge in [-0.25, -0.2) is 0 Å². The second-order valence-corrected chi connectivity index (χ2v) is 5.18. The van der Waals surface area contributed by atoms with Gasteiger partial charge in [-0.05, 0) is 30.4 Å². The molecule has 0 radical (unpaired) electrons. The topological polar surface area (TPSA) is 55.1 Å². The zero-order valence-electron chi connectivity index (χ0n) is 10.5. The lowest BCUT2D eigenvalue weighted by molar-refractivity contribution is -0.120. The van der Waals surface area contributed by atoms with Crippen molar-refractivity contribution in [3.05, 3.63) is 29.8 Å². The summed E-state index contributed by atoms with van der Waals surface area (Å²) in [4.78, 5) is 12.1. The summed E-state index contributed by atoms with van der Waals surface area (Å²) in [6.45, 7) is 4.70. The fourth-order valence-corrected chi connectivity index (χ4v) is 2.04. The SMILES string of the molecule is CC(C)c1ccccc1NC(=O)C1(CN)CC1. The summed E-state index contributed by atoms with van der Waals surface area (Å²) in [6, 6.07) is 7.96. The predicted molar refractivity (Wildman–Crippen MR) is 69.9 cm³/mol. The van der Waals surface area contributed by atoms with Crippen molar-refractivity contribution in [1.29, 1.82) is 0 Å². The monoisotopic (exact) mass is 232 g/mol. The molecule has 0 heterocycles. The molecule has 1 aliphatic rings. The normalized spacial score (nSPS) is 16.9. The van der Waals surface area contributed by atoms with E-state index in [1.807, 2.05) is 18.2 Å². The molecule has 0 spiro atoms. The van der Waals surface area contributed by atoms with Crippen LogP contribution in [0.15, 0.2) is 24.3 Å². The minimum Gasteiger partial charge on any atom is -0.329 e. The first kappa shape index (κ1) is 12.1. The Hall–Kier alpha value is -1.35. The molecule has 2 rings (SSSR count). The van der Waals surface area contributed by atoms with Crippen LogP contribution in [0.4, 0.5) is 5.69 Å². The van der Waals surface area contributed by atoms with Gasteiger partial charge in [0.15, 0.2) is 0 Å². The van der Waals surface area contributed by atoms with Gasteiger partial charge in [-0.1, -0.05) is 32.0 Å².